The first-order valence-corrected chi connectivity index (χ1v) is 9.61. The molecule has 1 aromatic carbocycles. The van der Waals surface area contributed by atoms with Crippen molar-refractivity contribution < 1.29 is 9.53 Å². The van der Waals surface area contributed by atoms with Crippen LogP contribution in [0.1, 0.15) is 32.1 Å². The fourth-order valence-corrected chi connectivity index (χ4v) is 3.89. The smallest absolute Gasteiger partial charge is 0.220 e. The Balaban J connectivity index is 0.00000182. The van der Waals surface area contributed by atoms with E-state index in [-0.39, 0.29) is 30.7 Å². The topological polar surface area (TPSA) is 53.6 Å². The van der Waals surface area contributed by atoms with Crippen LogP contribution in [-0.2, 0) is 4.79 Å². The fourth-order valence-electron chi connectivity index (χ4n) is 3.89. The lowest BCUT2D eigenvalue weighted by atomic mass is 9.93. The molecule has 0 aromatic heterocycles. The maximum absolute atomic E-state index is 12.1. The van der Waals surface area contributed by atoms with Gasteiger partial charge in [-0.05, 0) is 62.7 Å². The van der Waals surface area contributed by atoms with E-state index in [1.807, 2.05) is 12.1 Å². The van der Waals surface area contributed by atoms with Crippen molar-refractivity contribution in [3.05, 3.63) is 24.3 Å². The summed E-state index contributed by atoms with van der Waals surface area (Å²) in [4.78, 5) is 14.5. The summed E-state index contributed by atoms with van der Waals surface area (Å²) < 4.78 is 5.31. The number of carbonyl (C=O) groups is 1. The van der Waals surface area contributed by atoms with Crippen molar-refractivity contribution in [2.24, 2.45) is 11.8 Å². The number of piperidine rings is 1. The van der Waals surface area contributed by atoms with Gasteiger partial charge in [0, 0.05) is 37.8 Å². The molecule has 0 saturated carbocycles. The summed E-state index contributed by atoms with van der Waals surface area (Å²) in [6, 6.07) is 8.21. The van der Waals surface area contributed by atoms with Crippen LogP contribution in [0.3, 0.4) is 0 Å². The van der Waals surface area contributed by atoms with Gasteiger partial charge in [0.2, 0.25) is 5.91 Å². The molecular weight excluding hydrogens is 385 g/mol. The molecule has 27 heavy (non-hydrogen) atoms. The number of rotatable bonds is 7. The highest BCUT2D eigenvalue weighted by Gasteiger charge is 2.23. The zero-order valence-electron chi connectivity index (χ0n) is 16.1. The number of methoxy groups -OCH3 is 1. The van der Waals surface area contributed by atoms with Gasteiger partial charge in [-0.15, -0.1) is 24.8 Å². The third kappa shape index (κ3) is 7.40. The minimum absolute atomic E-state index is 0. The number of ether oxygens (including phenoxy) is 1. The molecule has 1 atom stereocenters. The predicted octanol–water partition coefficient (Wildman–Crippen LogP) is 3.26. The van der Waals surface area contributed by atoms with Crippen molar-refractivity contribution in [1.29, 1.82) is 0 Å². The van der Waals surface area contributed by atoms with Gasteiger partial charge in [0.1, 0.15) is 5.75 Å². The Morgan fingerprint density at radius 1 is 1.22 bits per heavy atom. The Labute approximate surface area is 175 Å². The Hall–Kier alpha value is -1.17. The van der Waals surface area contributed by atoms with E-state index in [0.717, 1.165) is 57.2 Å². The first-order chi connectivity index (χ1) is 12.2. The van der Waals surface area contributed by atoms with Gasteiger partial charge < -0.3 is 20.3 Å². The summed E-state index contributed by atoms with van der Waals surface area (Å²) in [5.74, 6) is 2.38. The van der Waals surface area contributed by atoms with Crippen LogP contribution in [-0.4, -0.2) is 45.7 Å². The molecule has 0 aliphatic carbocycles. The van der Waals surface area contributed by atoms with Crippen LogP contribution in [0.2, 0.25) is 0 Å². The lowest BCUT2D eigenvalue weighted by molar-refractivity contribution is -0.121. The van der Waals surface area contributed by atoms with E-state index in [1.54, 1.807) is 7.11 Å². The molecule has 3 rings (SSSR count). The van der Waals surface area contributed by atoms with Gasteiger partial charge in [-0.1, -0.05) is 6.07 Å². The Morgan fingerprint density at radius 3 is 2.74 bits per heavy atom. The maximum Gasteiger partial charge on any atom is 0.220 e. The van der Waals surface area contributed by atoms with Gasteiger partial charge >= 0.3 is 0 Å². The molecule has 1 unspecified atom stereocenters. The summed E-state index contributed by atoms with van der Waals surface area (Å²) in [6.45, 7) is 5.05. The largest absolute Gasteiger partial charge is 0.497 e. The predicted molar refractivity (Wildman–Crippen MR) is 116 cm³/mol. The highest BCUT2D eigenvalue weighted by Crippen LogP contribution is 2.26. The standard InChI is InChI=1S/C20H31N3O2.2ClH/c1-25-19-4-2-3-18(13-19)23-12-9-17(15-23)14-22-20(24)6-5-16-7-10-21-11-8-16;;/h2-4,13,16-17,21H,5-12,14-15H2,1H3,(H,22,24);2*1H. The van der Waals surface area contributed by atoms with Crippen LogP contribution in [0.5, 0.6) is 5.75 Å². The first kappa shape index (κ1) is 23.9. The fraction of sp³-hybridized carbons (Fsp3) is 0.650. The number of nitrogens with zero attached hydrogens (tertiary/aromatic N) is 1. The number of hydrogen-bond acceptors (Lipinski definition) is 4. The van der Waals surface area contributed by atoms with Crippen LogP contribution in [0, 0.1) is 11.8 Å². The molecule has 0 spiro atoms. The van der Waals surface area contributed by atoms with E-state index in [2.05, 4.69) is 27.7 Å². The van der Waals surface area contributed by atoms with Crippen molar-refractivity contribution in [3.63, 3.8) is 0 Å². The van der Waals surface area contributed by atoms with Gasteiger partial charge in [-0.25, -0.2) is 0 Å². The molecule has 2 N–H and O–H groups in total. The quantitative estimate of drug-likeness (QED) is 0.714. The van der Waals surface area contributed by atoms with E-state index in [1.165, 1.54) is 18.5 Å². The van der Waals surface area contributed by atoms with Crippen molar-refractivity contribution in [2.45, 2.75) is 32.1 Å². The number of hydrogen-bond donors (Lipinski definition) is 2. The summed E-state index contributed by atoms with van der Waals surface area (Å²) in [6.07, 6.45) is 5.27. The van der Waals surface area contributed by atoms with Crippen molar-refractivity contribution >= 4 is 36.4 Å². The zero-order chi connectivity index (χ0) is 17.5. The molecule has 2 saturated heterocycles. The summed E-state index contributed by atoms with van der Waals surface area (Å²) in [5, 5.41) is 6.53. The SMILES string of the molecule is COc1cccc(N2CCC(CNC(=O)CCC3CCNCC3)C2)c1.Cl.Cl. The van der Waals surface area contributed by atoms with E-state index >= 15 is 0 Å². The minimum Gasteiger partial charge on any atom is -0.497 e. The number of carbonyl (C=O) groups excluding carboxylic acids is 1. The number of nitrogens with one attached hydrogen (secondary N) is 2. The number of amides is 1. The highest BCUT2D eigenvalue weighted by atomic mass is 35.5. The summed E-state index contributed by atoms with van der Waals surface area (Å²) in [5.41, 5.74) is 1.21. The molecule has 2 fully saturated rings. The second-order valence-corrected chi connectivity index (χ2v) is 7.34. The van der Waals surface area contributed by atoms with E-state index < -0.39 is 0 Å². The van der Waals surface area contributed by atoms with Crippen LogP contribution in [0.15, 0.2) is 24.3 Å². The van der Waals surface area contributed by atoms with Crippen LogP contribution in [0.4, 0.5) is 5.69 Å². The average Bonchev–Trinajstić information content (AvgIpc) is 3.15. The second-order valence-electron chi connectivity index (χ2n) is 7.34. The molecule has 1 aromatic rings. The molecule has 5 nitrogen and oxygen atoms in total. The summed E-state index contributed by atoms with van der Waals surface area (Å²) in [7, 11) is 1.70. The first-order valence-electron chi connectivity index (χ1n) is 9.61. The molecule has 2 aliphatic rings. The molecule has 2 aliphatic heterocycles. The third-order valence-corrected chi connectivity index (χ3v) is 5.53. The van der Waals surface area contributed by atoms with Crippen molar-refractivity contribution in [2.75, 3.05) is 44.7 Å². The molecule has 2 heterocycles. The van der Waals surface area contributed by atoms with Crippen molar-refractivity contribution in [1.82, 2.24) is 10.6 Å². The van der Waals surface area contributed by atoms with Crippen LogP contribution in [0.25, 0.3) is 0 Å². The van der Waals surface area contributed by atoms with Gasteiger partial charge in [0.25, 0.3) is 0 Å². The van der Waals surface area contributed by atoms with E-state index in [0.29, 0.717) is 12.3 Å². The lowest BCUT2D eigenvalue weighted by Gasteiger charge is -2.22. The third-order valence-electron chi connectivity index (χ3n) is 5.53. The monoisotopic (exact) mass is 417 g/mol. The van der Waals surface area contributed by atoms with Gasteiger partial charge in [0.15, 0.2) is 0 Å². The normalized spacial score (nSPS) is 19.7. The van der Waals surface area contributed by atoms with Crippen LogP contribution < -0.4 is 20.3 Å². The van der Waals surface area contributed by atoms with Gasteiger partial charge in [-0.3, -0.25) is 4.79 Å². The second kappa shape index (κ2) is 12.3. The van der Waals surface area contributed by atoms with E-state index in [9.17, 15) is 4.79 Å². The van der Waals surface area contributed by atoms with Gasteiger partial charge in [-0.2, -0.15) is 0 Å². The Kier molecular flexibility index (Phi) is 10.9. The maximum atomic E-state index is 12.1. The Bertz CT molecular complexity index is 568. The Morgan fingerprint density at radius 2 is 2.00 bits per heavy atom. The molecule has 0 radical (unpaired) electrons. The molecule has 154 valence electrons. The molecule has 1 amide bonds. The molecular formula is C20H33Cl2N3O2. The number of anilines is 1. The lowest BCUT2D eigenvalue weighted by Crippen LogP contribution is -2.32. The van der Waals surface area contributed by atoms with E-state index in [4.69, 9.17) is 4.74 Å². The average molecular weight is 418 g/mol. The molecule has 0 bridgehead atoms. The van der Waals surface area contributed by atoms with Crippen LogP contribution >= 0.6 is 24.8 Å². The number of halogens is 2. The highest BCUT2D eigenvalue weighted by molar-refractivity contribution is 5.85. The van der Waals surface area contributed by atoms with Gasteiger partial charge in [0.05, 0.1) is 7.11 Å². The minimum atomic E-state index is 0. The number of benzene rings is 1. The van der Waals surface area contributed by atoms with Crippen molar-refractivity contribution in [3.8, 4) is 5.75 Å². The summed E-state index contributed by atoms with van der Waals surface area (Å²) >= 11 is 0. The molecule has 7 heteroatoms. The zero-order valence-corrected chi connectivity index (χ0v) is 17.7.